The average molecular weight is 346 g/mol. The highest BCUT2D eigenvalue weighted by atomic mass is 32.1. The van der Waals surface area contributed by atoms with Crippen molar-refractivity contribution in [3.63, 3.8) is 0 Å². The normalized spacial score (nSPS) is 19.0. The first-order valence-electron chi connectivity index (χ1n) is 8.11. The molecule has 128 valence electrons. The summed E-state index contributed by atoms with van der Waals surface area (Å²) >= 11 is 1.53. The number of nitrogens with zero attached hydrogens (tertiary/aromatic N) is 1. The molecule has 2 N–H and O–H groups in total. The fourth-order valence-corrected chi connectivity index (χ4v) is 3.57. The van der Waals surface area contributed by atoms with E-state index in [0.717, 1.165) is 10.4 Å². The predicted molar refractivity (Wildman–Crippen MR) is 93.9 cm³/mol. The third-order valence-electron chi connectivity index (χ3n) is 4.14. The molecule has 1 saturated heterocycles. The number of aliphatic hydroxyl groups excluding tert-OH is 1. The number of thiophene rings is 1. The minimum Gasteiger partial charge on any atom is -0.387 e. The van der Waals surface area contributed by atoms with Crippen LogP contribution in [0.1, 0.15) is 23.0 Å². The van der Waals surface area contributed by atoms with Gasteiger partial charge in [-0.2, -0.15) is 0 Å². The van der Waals surface area contributed by atoms with Crippen LogP contribution in [0.3, 0.4) is 0 Å². The first-order chi connectivity index (χ1) is 11.7. The summed E-state index contributed by atoms with van der Waals surface area (Å²) in [6.07, 6.45) is -0.0830. The van der Waals surface area contributed by atoms with Crippen LogP contribution in [-0.4, -0.2) is 41.8 Å². The van der Waals surface area contributed by atoms with Crippen molar-refractivity contribution in [2.24, 2.45) is 0 Å². The van der Waals surface area contributed by atoms with Gasteiger partial charge in [0.25, 0.3) is 0 Å². The quantitative estimate of drug-likeness (QED) is 0.875. The SMILES string of the molecule is O=C(NCc1ccccc1)N1CCOCC1CC(O)c1cccs1. The van der Waals surface area contributed by atoms with E-state index in [-0.39, 0.29) is 12.1 Å². The summed E-state index contributed by atoms with van der Waals surface area (Å²) in [6.45, 7) is 2.03. The first kappa shape index (κ1) is 17.0. The van der Waals surface area contributed by atoms with E-state index in [1.807, 2.05) is 47.8 Å². The second-order valence-electron chi connectivity index (χ2n) is 5.83. The number of carbonyl (C=O) groups excluding carboxylic acids is 1. The monoisotopic (exact) mass is 346 g/mol. The van der Waals surface area contributed by atoms with Crippen LogP contribution in [0.4, 0.5) is 4.79 Å². The Hall–Kier alpha value is -1.89. The van der Waals surface area contributed by atoms with E-state index in [1.54, 1.807) is 4.90 Å². The molecule has 1 fully saturated rings. The van der Waals surface area contributed by atoms with Crippen LogP contribution in [0.25, 0.3) is 0 Å². The molecule has 0 radical (unpaired) electrons. The summed E-state index contributed by atoms with van der Waals surface area (Å²) in [5.74, 6) is 0. The third kappa shape index (κ3) is 4.35. The number of hydrogen-bond acceptors (Lipinski definition) is 4. The second-order valence-corrected chi connectivity index (χ2v) is 6.81. The maximum absolute atomic E-state index is 12.5. The molecule has 0 spiro atoms. The van der Waals surface area contributed by atoms with Crippen molar-refractivity contribution in [3.8, 4) is 0 Å². The van der Waals surface area contributed by atoms with Gasteiger partial charge in [0, 0.05) is 24.4 Å². The van der Waals surface area contributed by atoms with Crippen LogP contribution in [0.2, 0.25) is 0 Å². The van der Waals surface area contributed by atoms with E-state index < -0.39 is 6.10 Å². The maximum Gasteiger partial charge on any atom is 0.318 e. The minimum atomic E-state index is -0.568. The molecule has 2 heterocycles. The summed E-state index contributed by atoms with van der Waals surface area (Å²) in [5, 5.41) is 15.3. The summed E-state index contributed by atoms with van der Waals surface area (Å²) in [4.78, 5) is 15.2. The lowest BCUT2D eigenvalue weighted by atomic mass is 10.1. The average Bonchev–Trinajstić information content (AvgIpc) is 3.16. The Bertz CT molecular complexity index is 633. The van der Waals surface area contributed by atoms with Gasteiger partial charge in [-0.15, -0.1) is 11.3 Å². The molecule has 2 amide bonds. The van der Waals surface area contributed by atoms with Gasteiger partial charge in [-0.25, -0.2) is 4.79 Å². The van der Waals surface area contributed by atoms with E-state index in [0.29, 0.717) is 32.7 Å². The van der Waals surface area contributed by atoms with Gasteiger partial charge in [0.05, 0.1) is 25.4 Å². The molecule has 0 bridgehead atoms. The number of amides is 2. The predicted octanol–water partition coefficient (Wildman–Crippen LogP) is 2.78. The Morgan fingerprint density at radius 3 is 2.92 bits per heavy atom. The van der Waals surface area contributed by atoms with Crippen molar-refractivity contribution in [2.45, 2.75) is 25.1 Å². The molecule has 2 unspecified atom stereocenters. The van der Waals surface area contributed by atoms with Gasteiger partial charge in [0.2, 0.25) is 0 Å². The van der Waals surface area contributed by atoms with Crippen LogP contribution in [-0.2, 0) is 11.3 Å². The van der Waals surface area contributed by atoms with Crippen molar-refractivity contribution in [2.75, 3.05) is 19.8 Å². The molecule has 24 heavy (non-hydrogen) atoms. The van der Waals surface area contributed by atoms with Crippen LogP contribution >= 0.6 is 11.3 Å². The van der Waals surface area contributed by atoms with Gasteiger partial charge in [-0.05, 0) is 17.0 Å². The number of aliphatic hydroxyl groups is 1. The summed E-state index contributed by atoms with van der Waals surface area (Å²) in [6, 6.07) is 13.4. The minimum absolute atomic E-state index is 0.106. The third-order valence-corrected chi connectivity index (χ3v) is 5.12. The molecule has 5 nitrogen and oxygen atoms in total. The molecule has 3 rings (SSSR count). The van der Waals surface area contributed by atoms with Crippen molar-refractivity contribution < 1.29 is 14.6 Å². The van der Waals surface area contributed by atoms with Gasteiger partial charge in [0.15, 0.2) is 0 Å². The van der Waals surface area contributed by atoms with E-state index >= 15 is 0 Å². The summed E-state index contributed by atoms with van der Waals surface area (Å²) < 4.78 is 5.51. The van der Waals surface area contributed by atoms with Crippen LogP contribution < -0.4 is 5.32 Å². The van der Waals surface area contributed by atoms with Crippen molar-refractivity contribution in [3.05, 3.63) is 58.3 Å². The van der Waals surface area contributed by atoms with E-state index in [9.17, 15) is 9.90 Å². The molecule has 0 aliphatic carbocycles. The maximum atomic E-state index is 12.5. The van der Waals surface area contributed by atoms with Crippen LogP contribution in [0.5, 0.6) is 0 Å². The van der Waals surface area contributed by atoms with Crippen molar-refractivity contribution >= 4 is 17.4 Å². The number of nitrogens with one attached hydrogen (secondary N) is 1. The Kier molecular flexibility index (Phi) is 5.85. The largest absolute Gasteiger partial charge is 0.387 e. The molecule has 1 aromatic heterocycles. The van der Waals surface area contributed by atoms with E-state index in [1.165, 1.54) is 11.3 Å². The lowest BCUT2D eigenvalue weighted by molar-refractivity contribution is -0.00654. The topological polar surface area (TPSA) is 61.8 Å². The number of carbonyl (C=O) groups is 1. The number of hydrogen-bond donors (Lipinski definition) is 2. The Labute approximate surface area is 145 Å². The fourth-order valence-electron chi connectivity index (χ4n) is 2.85. The first-order valence-corrected chi connectivity index (χ1v) is 8.99. The zero-order valence-electron chi connectivity index (χ0n) is 13.4. The standard InChI is InChI=1S/C18H22N2O3S/c21-16(17-7-4-10-24-17)11-15-13-23-9-8-20(15)18(22)19-12-14-5-2-1-3-6-14/h1-7,10,15-16,21H,8-9,11-13H2,(H,19,22). The highest BCUT2D eigenvalue weighted by Crippen LogP contribution is 2.25. The highest BCUT2D eigenvalue weighted by Gasteiger charge is 2.29. The Morgan fingerprint density at radius 2 is 2.17 bits per heavy atom. The number of ether oxygens (including phenoxy) is 1. The van der Waals surface area contributed by atoms with Gasteiger partial charge in [-0.3, -0.25) is 0 Å². The molecule has 1 aromatic carbocycles. The van der Waals surface area contributed by atoms with Gasteiger partial charge < -0.3 is 20.1 Å². The van der Waals surface area contributed by atoms with Crippen LogP contribution in [0.15, 0.2) is 47.8 Å². The van der Waals surface area contributed by atoms with E-state index in [2.05, 4.69) is 5.32 Å². The molecule has 0 saturated carbocycles. The fraction of sp³-hybridized carbons (Fsp3) is 0.389. The molecule has 1 aliphatic rings. The molecular weight excluding hydrogens is 324 g/mol. The Morgan fingerprint density at radius 1 is 1.33 bits per heavy atom. The molecule has 6 heteroatoms. The number of urea groups is 1. The Balaban J connectivity index is 1.58. The van der Waals surface area contributed by atoms with Gasteiger partial charge in [0.1, 0.15) is 0 Å². The highest BCUT2D eigenvalue weighted by molar-refractivity contribution is 7.10. The van der Waals surface area contributed by atoms with Gasteiger partial charge in [-0.1, -0.05) is 36.4 Å². The van der Waals surface area contributed by atoms with Gasteiger partial charge >= 0.3 is 6.03 Å². The summed E-state index contributed by atoms with van der Waals surface area (Å²) in [7, 11) is 0. The number of morpholine rings is 1. The van der Waals surface area contributed by atoms with E-state index in [4.69, 9.17) is 4.74 Å². The number of rotatable bonds is 5. The molecule has 1 aliphatic heterocycles. The lowest BCUT2D eigenvalue weighted by Gasteiger charge is -2.36. The smallest absolute Gasteiger partial charge is 0.318 e. The molecular formula is C18H22N2O3S. The number of benzene rings is 1. The van der Waals surface area contributed by atoms with Crippen LogP contribution in [0, 0.1) is 0 Å². The van der Waals surface area contributed by atoms with Crippen molar-refractivity contribution in [1.29, 1.82) is 0 Å². The van der Waals surface area contributed by atoms with Crippen molar-refractivity contribution in [1.82, 2.24) is 10.2 Å². The zero-order chi connectivity index (χ0) is 16.8. The summed E-state index contributed by atoms with van der Waals surface area (Å²) in [5.41, 5.74) is 1.06. The molecule has 2 aromatic rings. The zero-order valence-corrected chi connectivity index (χ0v) is 14.2. The second kappa shape index (κ2) is 8.28. The molecule has 2 atom stereocenters. The lowest BCUT2D eigenvalue weighted by Crippen LogP contribution is -2.52.